The molecule has 0 aromatic carbocycles. The van der Waals surface area contributed by atoms with E-state index in [2.05, 4.69) is 9.47 Å². The molecule has 0 aromatic rings. The summed E-state index contributed by atoms with van der Waals surface area (Å²) in [5.41, 5.74) is -17.4. The van der Waals surface area contributed by atoms with Gasteiger partial charge in [-0.25, -0.2) is 4.79 Å². The summed E-state index contributed by atoms with van der Waals surface area (Å²) in [7, 11) is 0. The minimum absolute atomic E-state index is 0.251. The van der Waals surface area contributed by atoms with Crippen molar-refractivity contribution in [3.63, 3.8) is 0 Å². The Morgan fingerprint density at radius 2 is 1.24 bits per heavy atom. The highest BCUT2D eigenvalue weighted by atomic mass is 19.4. The summed E-state index contributed by atoms with van der Waals surface area (Å²) in [6.45, 7) is 1.44. The number of carbonyl (C=O) groups excluding carboxylic acids is 1. The Kier molecular flexibility index (Phi) is 6.63. The van der Waals surface area contributed by atoms with Crippen LogP contribution in [0.1, 0.15) is 13.3 Å². The summed E-state index contributed by atoms with van der Waals surface area (Å²) in [5.74, 6) is -26.5. The molecule has 1 aliphatic rings. The zero-order valence-electron chi connectivity index (χ0n) is 15.6. The van der Waals surface area contributed by atoms with Crippen molar-refractivity contribution in [2.45, 2.75) is 66.9 Å². The third-order valence-corrected chi connectivity index (χ3v) is 4.71. The van der Waals surface area contributed by atoms with Gasteiger partial charge < -0.3 is 14.6 Å². The third kappa shape index (κ3) is 3.49. The van der Waals surface area contributed by atoms with Crippen molar-refractivity contribution >= 4 is 5.97 Å². The van der Waals surface area contributed by atoms with E-state index < -0.39 is 71.5 Å². The van der Waals surface area contributed by atoms with Crippen LogP contribution in [-0.2, 0) is 14.3 Å². The molecule has 20 heteroatoms. The number of hydrogen-bond acceptors (Lipinski definition) is 4. The average molecular weight is 544 g/mol. The van der Waals surface area contributed by atoms with Crippen molar-refractivity contribution in [2.24, 2.45) is 0 Å². The Hall–Kier alpha value is -1.99. The van der Waals surface area contributed by atoms with Gasteiger partial charge in [-0.1, -0.05) is 13.5 Å². The van der Waals surface area contributed by atoms with Gasteiger partial charge in [0, 0.05) is 0 Å². The number of esters is 1. The molecule has 1 saturated heterocycles. The van der Waals surface area contributed by atoms with Crippen LogP contribution < -0.4 is 0 Å². The molecule has 0 spiro atoms. The number of halogens is 16. The molecule has 200 valence electrons. The van der Waals surface area contributed by atoms with Gasteiger partial charge in [0.05, 0.1) is 0 Å². The van der Waals surface area contributed by atoms with Crippen LogP contribution >= 0.6 is 0 Å². The number of aliphatic hydroxyl groups is 1. The van der Waals surface area contributed by atoms with E-state index in [1.807, 2.05) is 0 Å². The maximum Gasteiger partial charge on any atom is 0.449 e. The Morgan fingerprint density at radius 1 is 0.824 bits per heavy atom. The second kappa shape index (κ2) is 7.50. The molecule has 0 radical (unpaired) electrons. The summed E-state index contributed by atoms with van der Waals surface area (Å²) in [4.78, 5) is 11.4. The molecule has 1 heterocycles. The summed E-state index contributed by atoms with van der Waals surface area (Å²) >= 11 is 0. The van der Waals surface area contributed by atoms with Crippen molar-refractivity contribution < 1.29 is 89.6 Å². The molecular weight excluding hydrogens is 536 g/mol. The van der Waals surface area contributed by atoms with Crippen LogP contribution in [0.25, 0.3) is 0 Å². The van der Waals surface area contributed by atoms with Gasteiger partial charge >= 0.3 is 53.9 Å². The van der Waals surface area contributed by atoms with E-state index in [1.54, 1.807) is 6.58 Å². The van der Waals surface area contributed by atoms with E-state index >= 15 is 0 Å². The maximum atomic E-state index is 14.9. The Bertz CT molecular complexity index is 837. The van der Waals surface area contributed by atoms with Crippen molar-refractivity contribution in [1.29, 1.82) is 0 Å². The van der Waals surface area contributed by atoms with Crippen molar-refractivity contribution in [2.75, 3.05) is 0 Å². The molecule has 34 heavy (non-hydrogen) atoms. The van der Waals surface area contributed by atoms with E-state index in [0.29, 0.717) is 0 Å². The van der Waals surface area contributed by atoms with Gasteiger partial charge in [0.15, 0.2) is 0 Å². The van der Waals surface area contributed by atoms with Gasteiger partial charge in [-0.3, -0.25) is 0 Å². The highest BCUT2D eigenvalue weighted by molar-refractivity contribution is 5.89. The monoisotopic (exact) mass is 544 g/mol. The highest BCUT2D eigenvalue weighted by Crippen LogP contribution is 2.70. The molecule has 0 bridgehead atoms. The van der Waals surface area contributed by atoms with Gasteiger partial charge in [-0.05, 0) is 6.42 Å². The Morgan fingerprint density at radius 3 is 1.50 bits per heavy atom. The molecule has 3 unspecified atom stereocenters. The fraction of sp³-hybridized carbons (Fsp3) is 0.786. The average Bonchev–Trinajstić information content (AvgIpc) is 2.57. The second-order valence-corrected chi connectivity index (χ2v) is 6.62. The van der Waals surface area contributed by atoms with E-state index in [4.69, 9.17) is 0 Å². The van der Waals surface area contributed by atoms with E-state index in [1.165, 1.54) is 0 Å². The molecular formula is C14H8F16O4. The minimum atomic E-state index is -7.92. The predicted octanol–water partition coefficient (Wildman–Crippen LogP) is 5.21. The van der Waals surface area contributed by atoms with Crippen molar-refractivity contribution in [1.82, 2.24) is 0 Å². The number of rotatable bonds is 3. The summed E-state index contributed by atoms with van der Waals surface area (Å²) in [5, 5.41) is 9.24. The first-order valence-electron chi connectivity index (χ1n) is 7.93. The molecule has 0 aliphatic carbocycles. The largest absolute Gasteiger partial charge is 0.449 e. The first kappa shape index (κ1) is 30.0. The molecule has 0 aromatic heterocycles. The van der Waals surface area contributed by atoms with Crippen LogP contribution in [0.4, 0.5) is 70.2 Å². The molecule has 3 atom stereocenters. The quantitative estimate of drug-likeness (QED) is 0.301. The van der Waals surface area contributed by atoms with Gasteiger partial charge in [0.2, 0.25) is 5.60 Å². The molecule has 1 fully saturated rings. The van der Waals surface area contributed by atoms with Crippen LogP contribution in [-0.4, -0.2) is 64.6 Å². The fourth-order valence-electron chi connectivity index (χ4n) is 2.93. The first-order valence-corrected chi connectivity index (χ1v) is 7.93. The molecule has 1 aliphatic heterocycles. The second-order valence-electron chi connectivity index (χ2n) is 6.62. The number of ether oxygens (including phenoxy) is 2. The molecule has 0 saturated carbocycles. The van der Waals surface area contributed by atoms with Crippen LogP contribution in [0.15, 0.2) is 12.2 Å². The molecule has 1 rings (SSSR count). The minimum Gasteiger partial charge on any atom is -0.432 e. The highest BCUT2D eigenvalue weighted by Gasteiger charge is 3.02. The summed E-state index contributed by atoms with van der Waals surface area (Å²) in [6, 6.07) is 0. The van der Waals surface area contributed by atoms with Crippen LogP contribution in [0.2, 0.25) is 0 Å². The smallest absolute Gasteiger partial charge is 0.432 e. The summed E-state index contributed by atoms with van der Waals surface area (Å²) in [6.07, 6.45) is -31.6. The first-order chi connectivity index (χ1) is 14.6. The van der Waals surface area contributed by atoms with Gasteiger partial charge in [0.1, 0.15) is 5.57 Å². The van der Waals surface area contributed by atoms with E-state index in [0.717, 1.165) is 0 Å². The lowest BCUT2D eigenvalue weighted by atomic mass is 9.69. The normalized spacial score (nSPS) is 32.3. The van der Waals surface area contributed by atoms with E-state index in [9.17, 15) is 80.1 Å². The lowest BCUT2D eigenvalue weighted by Gasteiger charge is -2.60. The van der Waals surface area contributed by atoms with Crippen LogP contribution in [0.5, 0.6) is 0 Å². The van der Waals surface area contributed by atoms with Gasteiger partial charge in [0.25, 0.3) is 0 Å². The van der Waals surface area contributed by atoms with Crippen molar-refractivity contribution in [3.05, 3.63) is 12.2 Å². The third-order valence-electron chi connectivity index (χ3n) is 4.71. The van der Waals surface area contributed by atoms with E-state index in [-0.39, 0.29) is 6.92 Å². The van der Waals surface area contributed by atoms with Gasteiger partial charge in [-0.2, -0.15) is 70.2 Å². The van der Waals surface area contributed by atoms with Crippen LogP contribution in [0, 0.1) is 0 Å². The standard InChI is InChI=1S/C14H8F16O4/c1-3-6(12(22,23)24)9(18,19)8(13(25,26)27,33-5(31)4(2)7(15,16)17)10(20,21)11(32,34-6)14(28,29)30/h32H,2-3H2,1H3. The zero-order chi connectivity index (χ0) is 27.8. The number of carbonyl (C=O) groups is 1. The lowest BCUT2D eigenvalue weighted by Crippen LogP contribution is -2.91. The number of alkyl halides is 16. The molecule has 1 N–H and O–H groups in total. The zero-order valence-corrected chi connectivity index (χ0v) is 15.6. The Balaban J connectivity index is 4.34. The predicted molar refractivity (Wildman–Crippen MR) is 71.1 cm³/mol. The maximum absolute atomic E-state index is 14.9. The van der Waals surface area contributed by atoms with Crippen LogP contribution in [0.3, 0.4) is 0 Å². The fourth-order valence-corrected chi connectivity index (χ4v) is 2.93. The molecule has 4 nitrogen and oxygen atoms in total. The SMILES string of the molecule is C=C(C(=O)OC1(C(F)(F)F)C(F)(F)C(O)(C(F)(F)F)OC(CC)(C(F)(F)F)C1(F)F)C(F)(F)F. The Labute approximate surface area is 176 Å². The topological polar surface area (TPSA) is 55.8 Å². The lowest BCUT2D eigenvalue weighted by molar-refractivity contribution is -0.578. The van der Waals surface area contributed by atoms with Crippen molar-refractivity contribution in [3.8, 4) is 0 Å². The van der Waals surface area contributed by atoms with Gasteiger partial charge in [-0.15, -0.1) is 0 Å². The summed E-state index contributed by atoms with van der Waals surface area (Å²) < 4.78 is 222. The molecule has 0 amide bonds. The number of hydrogen-bond donors (Lipinski definition) is 1.